The van der Waals surface area contributed by atoms with Gasteiger partial charge in [-0.3, -0.25) is 0 Å². The summed E-state index contributed by atoms with van der Waals surface area (Å²) in [7, 11) is 1.33. The van der Waals surface area contributed by atoms with Gasteiger partial charge in [-0.2, -0.15) is 0 Å². The monoisotopic (exact) mass is 381 g/mol. The minimum Gasteiger partial charge on any atom is -0.464 e. The first kappa shape index (κ1) is 17.3. The summed E-state index contributed by atoms with van der Waals surface area (Å²) in [4.78, 5) is 20.7. The van der Waals surface area contributed by atoms with Gasteiger partial charge in [-0.1, -0.05) is 23.7 Å². The number of halogens is 1. The molecule has 0 amide bonds. The van der Waals surface area contributed by atoms with Gasteiger partial charge >= 0.3 is 5.97 Å². The van der Waals surface area contributed by atoms with E-state index in [0.29, 0.717) is 22.7 Å². The summed E-state index contributed by atoms with van der Waals surface area (Å²) in [6.45, 7) is 2.38. The smallest absolute Gasteiger partial charge is 0.356 e. The molecular weight excluding hydrogens is 366 g/mol. The lowest BCUT2D eigenvalue weighted by atomic mass is 10.1. The van der Waals surface area contributed by atoms with E-state index in [0.717, 1.165) is 22.7 Å². The fourth-order valence-corrected chi connectivity index (χ4v) is 3.20. The van der Waals surface area contributed by atoms with Crippen LogP contribution in [0.25, 0.3) is 22.5 Å². The first-order valence-electron chi connectivity index (χ1n) is 8.31. The molecule has 0 bridgehead atoms. The van der Waals surface area contributed by atoms with Crippen molar-refractivity contribution in [2.45, 2.75) is 13.5 Å². The number of aromatic nitrogens is 3. The number of benzene rings is 1. The maximum absolute atomic E-state index is 11.8. The summed E-state index contributed by atoms with van der Waals surface area (Å²) < 4.78 is 12.1. The van der Waals surface area contributed by atoms with Crippen molar-refractivity contribution in [2.24, 2.45) is 0 Å². The van der Waals surface area contributed by atoms with Crippen LogP contribution in [0.2, 0.25) is 5.02 Å². The van der Waals surface area contributed by atoms with Crippen molar-refractivity contribution in [3.8, 4) is 11.3 Å². The fourth-order valence-electron chi connectivity index (χ4n) is 2.96. The molecule has 7 heteroatoms. The lowest BCUT2D eigenvalue weighted by Gasteiger charge is -2.10. The van der Waals surface area contributed by atoms with Gasteiger partial charge in [0, 0.05) is 10.6 Å². The first-order valence-corrected chi connectivity index (χ1v) is 8.69. The minimum absolute atomic E-state index is 0.241. The molecule has 0 unspecified atom stereocenters. The fraction of sp³-hybridized carbons (Fsp3) is 0.150. The lowest BCUT2D eigenvalue weighted by molar-refractivity contribution is 0.0594. The number of methoxy groups -OCH3 is 1. The number of rotatable bonds is 4. The van der Waals surface area contributed by atoms with E-state index in [9.17, 15) is 4.79 Å². The highest BCUT2D eigenvalue weighted by molar-refractivity contribution is 6.31. The molecule has 27 heavy (non-hydrogen) atoms. The second kappa shape index (κ2) is 6.89. The summed E-state index contributed by atoms with van der Waals surface area (Å²) in [6.07, 6.45) is 1.63. The molecule has 3 aromatic heterocycles. The van der Waals surface area contributed by atoms with Gasteiger partial charge in [-0.05, 0) is 42.8 Å². The van der Waals surface area contributed by atoms with Crippen LogP contribution >= 0.6 is 11.6 Å². The number of esters is 1. The Labute approximate surface area is 160 Å². The largest absolute Gasteiger partial charge is 0.464 e. The highest BCUT2D eigenvalue weighted by Gasteiger charge is 2.15. The normalized spacial score (nSPS) is 11.1. The Morgan fingerprint density at radius 3 is 2.78 bits per heavy atom. The van der Waals surface area contributed by atoms with Crippen molar-refractivity contribution >= 4 is 28.7 Å². The zero-order valence-electron chi connectivity index (χ0n) is 14.8. The van der Waals surface area contributed by atoms with Gasteiger partial charge in [0.05, 0.1) is 19.9 Å². The molecule has 3 heterocycles. The average molecular weight is 382 g/mol. The number of ether oxygens (including phenoxy) is 1. The highest BCUT2D eigenvalue weighted by Crippen LogP contribution is 2.27. The Kier molecular flexibility index (Phi) is 4.41. The number of furan rings is 1. The predicted molar refractivity (Wildman–Crippen MR) is 102 cm³/mol. The predicted octanol–water partition coefficient (Wildman–Crippen LogP) is 4.49. The quantitative estimate of drug-likeness (QED) is 0.487. The van der Waals surface area contributed by atoms with E-state index in [2.05, 4.69) is 9.97 Å². The van der Waals surface area contributed by atoms with E-state index in [4.69, 9.17) is 20.8 Å². The lowest BCUT2D eigenvalue weighted by Crippen LogP contribution is -2.07. The second-order valence-corrected chi connectivity index (χ2v) is 6.47. The maximum atomic E-state index is 11.8. The number of hydrogen-bond donors (Lipinski definition) is 0. The molecule has 136 valence electrons. The third kappa shape index (κ3) is 3.19. The molecule has 0 aliphatic carbocycles. The number of hydrogen-bond acceptors (Lipinski definition) is 5. The molecule has 0 N–H and O–H groups in total. The molecule has 0 saturated heterocycles. The van der Waals surface area contributed by atoms with E-state index < -0.39 is 5.97 Å². The van der Waals surface area contributed by atoms with Crippen molar-refractivity contribution < 1.29 is 13.9 Å². The molecule has 0 aliphatic heterocycles. The molecule has 0 spiro atoms. The van der Waals surface area contributed by atoms with E-state index in [1.807, 2.05) is 41.8 Å². The zero-order valence-corrected chi connectivity index (χ0v) is 15.5. The van der Waals surface area contributed by atoms with Crippen molar-refractivity contribution in [1.82, 2.24) is 14.5 Å². The van der Waals surface area contributed by atoms with Crippen molar-refractivity contribution in [1.29, 1.82) is 0 Å². The van der Waals surface area contributed by atoms with Gasteiger partial charge in [-0.25, -0.2) is 14.8 Å². The van der Waals surface area contributed by atoms with Crippen LogP contribution in [0.3, 0.4) is 0 Å². The molecule has 0 aliphatic rings. The zero-order chi connectivity index (χ0) is 19.0. The highest BCUT2D eigenvalue weighted by atomic mass is 35.5. The molecule has 0 fully saturated rings. The van der Waals surface area contributed by atoms with Crippen LogP contribution in [-0.2, 0) is 11.3 Å². The first-order chi connectivity index (χ1) is 13.1. The number of carbonyl (C=O) groups is 1. The summed E-state index contributed by atoms with van der Waals surface area (Å²) in [6, 6.07) is 12.9. The van der Waals surface area contributed by atoms with E-state index in [1.54, 1.807) is 18.4 Å². The maximum Gasteiger partial charge on any atom is 0.356 e. The van der Waals surface area contributed by atoms with Crippen molar-refractivity contribution in [3.05, 3.63) is 70.8 Å². The molecule has 0 atom stereocenters. The Morgan fingerprint density at radius 2 is 2.07 bits per heavy atom. The van der Waals surface area contributed by atoms with Crippen molar-refractivity contribution in [3.63, 3.8) is 0 Å². The van der Waals surface area contributed by atoms with Crippen LogP contribution in [0, 0.1) is 6.92 Å². The molecule has 1 aromatic carbocycles. The van der Waals surface area contributed by atoms with Crippen molar-refractivity contribution in [2.75, 3.05) is 7.11 Å². The Hall–Kier alpha value is -3.12. The standard InChI is InChI=1S/C20H16ClN3O3/c1-12-22-16-7-8-17(20(25)26-2)23-19(16)24(12)11-14-6-5-13(10-15(14)21)18-4-3-9-27-18/h3-10H,11H2,1-2H3. The minimum atomic E-state index is -0.483. The number of fused-ring (bicyclic) bond motifs is 1. The molecule has 4 rings (SSSR count). The molecule has 4 aromatic rings. The van der Waals surface area contributed by atoms with E-state index in [1.165, 1.54) is 7.11 Å². The Balaban J connectivity index is 1.72. The van der Waals surface area contributed by atoms with Crippen LogP contribution in [0.15, 0.2) is 53.1 Å². The van der Waals surface area contributed by atoms with Crippen LogP contribution in [0.1, 0.15) is 21.9 Å². The second-order valence-electron chi connectivity index (χ2n) is 6.06. The van der Waals surface area contributed by atoms with Crippen LogP contribution in [-0.4, -0.2) is 27.6 Å². The van der Waals surface area contributed by atoms with Gasteiger partial charge in [0.1, 0.15) is 17.1 Å². The number of nitrogens with zero attached hydrogens (tertiary/aromatic N) is 3. The molecule has 0 radical (unpaired) electrons. The summed E-state index contributed by atoms with van der Waals surface area (Å²) in [5, 5.41) is 0.620. The third-order valence-corrected chi connectivity index (χ3v) is 4.72. The Morgan fingerprint density at radius 1 is 1.22 bits per heavy atom. The molecule has 0 saturated carbocycles. The van der Waals surface area contributed by atoms with Crippen LogP contribution < -0.4 is 0 Å². The SMILES string of the molecule is COC(=O)c1ccc2nc(C)n(Cc3ccc(-c4ccco4)cc3Cl)c2n1. The number of carbonyl (C=O) groups excluding carboxylic acids is 1. The van der Waals surface area contributed by atoms with Gasteiger partial charge in [0.25, 0.3) is 0 Å². The number of pyridine rings is 1. The third-order valence-electron chi connectivity index (χ3n) is 4.36. The molecular formula is C20H16ClN3O3. The van der Waals surface area contributed by atoms with Gasteiger partial charge < -0.3 is 13.7 Å². The summed E-state index contributed by atoms with van der Waals surface area (Å²) in [5.41, 5.74) is 3.39. The average Bonchev–Trinajstić information content (AvgIpc) is 3.31. The van der Waals surface area contributed by atoms with Crippen LogP contribution in [0.5, 0.6) is 0 Å². The van der Waals surface area contributed by atoms with Crippen LogP contribution in [0.4, 0.5) is 0 Å². The van der Waals surface area contributed by atoms with Gasteiger partial charge in [0.2, 0.25) is 0 Å². The molecule has 6 nitrogen and oxygen atoms in total. The Bertz CT molecular complexity index is 1130. The van der Waals surface area contributed by atoms with E-state index >= 15 is 0 Å². The number of imidazole rings is 1. The van der Waals surface area contributed by atoms with Gasteiger partial charge in [-0.15, -0.1) is 0 Å². The topological polar surface area (TPSA) is 70.2 Å². The number of aryl methyl sites for hydroxylation is 1. The van der Waals surface area contributed by atoms with Gasteiger partial charge in [0.15, 0.2) is 11.3 Å². The summed E-state index contributed by atoms with van der Waals surface area (Å²) in [5.74, 6) is 1.06. The summed E-state index contributed by atoms with van der Waals surface area (Å²) >= 11 is 6.50. The van der Waals surface area contributed by atoms with E-state index in [-0.39, 0.29) is 5.69 Å².